The van der Waals surface area contributed by atoms with Crippen LogP contribution in [0.15, 0.2) is 30.2 Å². The number of fused-ring (bicyclic) bond motifs is 1. The van der Waals surface area contributed by atoms with Crippen LogP contribution in [-0.4, -0.2) is 11.7 Å². The molecule has 17 heavy (non-hydrogen) atoms. The van der Waals surface area contributed by atoms with Crippen molar-refractivity contribution in [1.29, 1.82) is 0 Å². The minimum atomic E-state index is -0.0796. The van der Waals surface area contributed by atoms with Crippen molar-refractivity contribution in [2.45, 2.75) is 19.3 Å². The normalized spacial score (nSPS) is 18.2. The zero-order valence-corrected chi connectivity index (χ0v) is 9.46. The number of dihydropyridines is 1. The van der Waals surface area contributed by atoms with Crippen LogP contribution in [0.4, 0.5) is 4.39 Å². The molecule has 0 radical (unpaired) electrons. The number of hydrogen-bond donors (Lipinski definition) is 2. The second-order valence-corrected chi connectivity index (χ2v) is 4.50. The molecule has 0 saturated heterocycles. The second kappa shape index (κ2) is 3.91. The van der Waals surface area contributed by atoms with Crippen LogP contribution in [-0.2, 0) is 12.8 Å². The number of aliphatic hydroxyl groups is 1. The Kier molecular flexibility index (Phi) is 2.39. The summed E-state index contributed by atoms with van der Waals surface area (Å²) in [6.45, 7) is 0.598. The number of nitrogens with one attached hydrogen (secondary N) is 1. The minimum Gasteiger partial charge on any atom is -0.495 e. The molecule has 0 amide bonds. The van der Waals surface area contributed by atoms with Crippen molar-refractivity contribution >= 4 is 5.57 Å². The average molecular weight is 231 g/mol. The predicted molar refractivity (Wildman–Crippen MR) is 65.1 cm³/mol. The maximum Gasteiger partial charge on any atom is 0.184 e. The Balaban J connectivity index is 2.08. The summed E-state index contributed by atoms with van der Waals surface area (Å²) in [7, 11) is 0. The van der Waals surface area contributed by atoms with E-state index in [1.54, 1.807) is 12.1 Å². The molecule has 1 aliphatic carbocycles. The van der Waals surface area contributed by atoms with Crippen molar-refractivity contribution in [3.63, 3.8) is 0 Å². The highest BCUT2D eigenvalue weighted by molar-refractivity contribution is 5.73. The summed E-state index contributed by atoms with van der Waals surface area (Å²) in [6.07, 6.45) is 6.37. The molecule has 0 spiro atoms. The van der Waals surface area contributed by atoms with Crippen molar-refractivity contribution in [2.24, 2.45) is 0 Å². The maximum absolute atomic E-state index is 13.6. The van der Waals surface area contributed by atoms with Crippen LogP contribution in [0, 0.1) is 5.82 Å². The van der Waals surface area contributed by atoms with E-state index >= 15 is 0 Å². The maximum atomic E-state index is 13.6. The van der Waals surface area contributed by atoms with E-state index in [0.717, 1.165) is 41.5 Å². The van der Waals surface area contributed by atoms with Crippen molar-refractivity contribution in [1.82, 2.24) is 5.32 Å². The first-order chi connectivity index (χ1) is 8.25. The number of allylic oxidation sites excluding steroid dienone is 2. The second-order valence-electron chi connectivity index (χ2n) is 4.50. The van der Waals surface area contributed by atoms with E-state index < -0.39 is 0 Å². The molecule has 0 fully saturated rings. The Morgan fingerprint density at radius 1 is 1.12 bits per heavy atom. The molecule has 0 unspecified atom stereocenters. The van der Waals surface area contributed by atoms with Gasteiger partial charge in [-0.1, -0.05) is 12.1 Å². The van der Waals surface area contributed by atoms with Gasteiger partial charge in [-0.3, -0.25) is 0 Å². The fraction of sp³-hybridized carbons (Fsp3) is 0.286. The lowest BCUT2D eigenvalue weighted by Crippen LogP contribution is -2.19. The Morgan fingerprint density at radius 2 is 1.94 bits per heavy atom. The lowest BCUT2D eigenvalue weighted by Gasteiger charge is -2.17. The zero-order valence-electron chi connectivity index (χ0n) is 9.46. The van der Waals surface area contributed by atoms with Gasteiger partial charge in [0.05, 0.1) is 0 Å². The van der Waals surface area contributed by atoms with Crippen LogP contribution in [0.3, 0.4) is 0 Å². The van der Waals surface area contributed by atoms with Gasteiger partial charge in [0.25, 0.3) is 0 Å². The van der Waals surface area contributed by atoms with Crippen LogP contribution >= 0.6 is 0 Å². The topological polar surface area (TPSA) is 32.3 Å². The lowest BCUT2D eigenvalue weighted by atomic mass is 9.95. The smallest absolute Gasteiger partial charge is 0.184 e. The lowest BCUT2D eigenvalue weighted by molar-refractivity contribution is 0.370. The molecule has 1 aromatic rings. The molecule has 0 saturated carbocycles. The third-order valence-electron chi connectivity index (χ3n) is 3.48. The summed E-state index contributed by atoms with van der Waals surface area (Å²) in [5, 5.41) is 12.1. The monoisotopic (exact) mass is 231 g/mol. The third kappa shape index (κ3) is 1.71. The van der Waals surface area contributed by atoms with E-state index in [1.165, 1.54) is 0 Å². The average Bonchev–Trinajstić information content (AvgIpc) is 2.81. The highest BCUT2D eigenvalue weighted by atomic mass is 19.1. The zero-order chi connectivity index (χ0) is 11.8. The first kappa shape index (κ1) is 10.4. The molecule has 0 aromatic heterocycles. The van der Waals surface area contributed by atoms with Gasteiger partial charge in [0.1, 0.15) is 5.82 Å². The Morgan fingerprint density at radius 3 is 2.71 bits per heavy atom. The van der Waals surface area contributed by atoms with Crippen molar-refractivity contribution < 1.29 is 9.50 Å². The van der Waals surface area contributed by atoms with Crippen molar-refractivity contribution in [3.8, 4) is 0 Å². The molecule has 1 heterocycles. The molecule has 1 aromatic carbocycles. The van der Waals surface area contributed by atoms with Gasteiger partial charge in [0.2, 0.25) is 0 Å². The molecule has 0 bridgehead atoms. The van der Waals surface area contributed by atoms with Crippen LogP contribution in [0.25, 0.3) is 5.57 Å². The molecule has 0 atom stereocenters. The number of halogens is 1. The highest BCUT2D eigenvalue weighted by Gasteiger charge is 2.20. The number of rotatable bonds is 1. The summed E-state index contributed by atoms with van der Waals surface area (Å²) in [5.41, 5.74) is 4.26. The summed E-state index contributed by atoms with van der Waals surface area (Å²) in [6, 6.07) is 3.40. The SMILES string of the molecule is OC1=CC=C(c2ccc(F)c3c2CCC3)CN1. The predicted octanol–water partition coefficient (Wildman–Crippen LogP) is 2.70. The Bertz CT molecular complexity index is 531. The van der Waals surface area contributed by atoms with E-state index in [2.05, 4.69) is 5.32 Å². The summed E-state index contributed by atoms with van der Waals surface area (Å²) in [4.78, 5) is 0. The Labute approximate surface area is 99.5 Å². The van der Waals surface area contributed by atoms with E-state index in [9.17, 15) is 9.50 Å². The van der Waals surface area contributed by atoms with Gasteiger partial charge in [-0.25, -0.2) is 4.39 Å². The standard InChI is InChI=1S/C14H14FNO/c15-13-6-5-10(11-2-1-3-12(11)13)9-4-7-14(17)16-8-9/h4-7,16-17H,1-3,8H2. The quantitative estimate of drug-likeness (QED) is 0.778. The van der Waals surface area contributed by atoms with E-state index in [0.29, 0.717) is 6.54 Å². The van der Waals surface area contributed by atoms with Gasteiger partial charge in [-0.2, -0.15) is 0 Å². The fourth-order valence-electron chi connectivity index (χ4n) is 2.63. The summed E-state index contributed by atoms with van der Waals surface area (Å²) in [5.74, 6) is 0.108. The highest BCUT2D eigenvalue weighted by Crippen LogP contribution is 2.32. The molecule has 2 N–H and O–H groups in total. The number of benzene rings is 1. The van der Waals surface area contributed by atoms with Gasteiger partial charge in [0.15, 0.2) is 5.88 Å². The molecule has 3 heteroatoms. The molecular formula is C14H14FNO. The molecule has 3 rings (SSSR count). The van der Waals surface area contributed by atoms with Crippen LogP contribution < -0.4 is 5.32 Å². The summed E-state index contributed by atoms with van der Waals surface area (Å²) >= 11 is 0. The van der Waals surface area contributed by atoms with Gasteiger partial charge in [-0.15, -0.1) is 0 Å². The largest absolute Gasteiger partial charge is 0.495 e. The first-order valence-electron chi connectivity index (χ1n) is 5.90. The van der Waals surface area contributed by atoms with Gasteiger partial charge < -0.3 is 10.4 Å². The van der Waals surface area contributed by atoms with Crippen molar-refractivity contribution in [3.05, 3.63) is 52.7 Å². The van der Waals surface area contributed by atoms with Gasteiger partial charge in [-0.05, 0) is 53.7 Å². The van der Waals surface area contributed by atoms with Gasteiger partial charge >= 0.3 is 0 Å². The third-order valence-corrected chi connectivity index (χ3v) is 3.48. The van der Waals surface area contributed by atoms with Gasteiger partial charge in [0, 0.05) is 6.54 Å². The fourth-order valence-corrected chi connectivity index (χ4v) is 2.63. The minimum absolute atomic E-state index is 0.0796. The number of aliphatic hydroxyl groups excluding tert-OH is 1. The molecule has 88 valence electrons. The van der Waals surface area contributed by atoms with Crippen LogP contribution in [0.2, 0.25) is 0 Å². The van der Waals surface area contributed by atoms with Crippen molar-refractivity contribution in [2.75, 3.05) is 6.54 Å². The molecule has 2 aliphatic rings. The number of hydrogen-bond acceptors (Lipinski definition) is 2. The molecule has 2 nitrogen and oxygen atoms in total. The van der Waals surface area contributed by atoms with E-state index in [1.807, 2.05) is 12.1 Å². The summed E-state index contributed by atoms with van der Waals surface area (Å²) < 4.78 is 13.6. The van der Waals surface area contributed by atoms with E-state index in [-0.39, 0.29) is 11.7 Å². The van der Waals surface area contributed by atoms with Crippen LogP contribution in [0.5, 0.6) is 0 Å². The Hall–Kier alpha value is -1.77. The first-order valence-corrected chi connectivity index (χ1v) is 5.90. The van der Waals surface area contributed by atoms with Crippen LogP contribution in [0.1, 0.15) is 23.1 Å². The molecule has 1 aliphatic heterocycles. The molecular weight excluding hydrogens is 217 g/mol. The van der Waals surface area contributed by atoms with E-state index in [4.69, 9.17) is 0 Å².